The van der Waals surface area contributed by atoms with Gasteiger partial charge in [-0.3, -0.25) is 9.59 Å². The van der Waals surface area contributed by atoms with Gasteiger partial charge in [0, 0.05) is 44.1 Å². The van der Waals surface area contributed by atoms with Crippen molar-refractivity contribution in [3.63, 3.8) is 0 Å². The minimum Gasteiger partial charge on any atom is -0.337 e. The summed E-state index contributed by atoms with van der Waals surface area (Å²) in [5, 5.41) is 3.18. The normalized spacial score (nSPS) is 18.6. The van der Waals surface area contributed by atoms with Gasteiger partial charge in [0.25, 0.3) is 0 Å². The smallest absolute Gasteiger partial charge is 0.223 e. The Morgan fingerprint density at radius 2 is 2.05 bits per heavy atom. The predicted octanol–water partition coefficient (Wildman–Crippen LogP) is 1.75. The van der Waals surface area contributed by atoms with Gasteiger partial charge in [-0.2, -0.15) is 0 Å². The van der Waals surface area contributed by atoms with Crippen molar-refractivity contribution in [3.8, 4) is 0 Å². The van der Waals surface area contributed by atoms with Gasteiger partial charge in [-0.15, -0.1) is 0 Å². The van der Waals surface area contributed by atoms with Crippen LogP contribution in [0.25, 0.3) is 0 Å². The highest BCUT2D eigenvalue weighted by Gasteiger charge is 2.23. The largest absolute Gasteiger partial charge is 0.337 e. The molecular weight excluding hydrogens is 278 g/mol. The van der Waals surface area contributed by atoms with Gasteiger partial charge < -0.3 is 10.2 Å². The first-order valence-electron chi connectivity index (χ1n) is 6.97. The molecule has 1 aliphatic heterocycles. The molecule has 21 heavy (non-hydrogen) atoms. The van der Waals surface area contributed by atoms with Crippen LogP contribution >= 0.6 is 0 Å². The van der Waals surface area contributed by atoms with Crippen molar-refractivity contribution >= 4 is 11.7 Å². The Hall–Kier alpha value is -1.82. The molecule has 1 atom stereocenters. The molecule has 6 heteroatoms. The second-order valence-corrected chi connectivity index (χ2v) is 5.19. The fraction of sp³-hybridized carbons (Fsp3) is 0.467. The van der Waals surface area contributed by atoms with Gasteiger partial charge in [0.1, 0.15) is 0 Å². The second kappa shape index (κ2) is 6.76. The van der Waals surface area contributed by atoms with Crippen molar-refractivity contribution in [2.75, 3.05) is 19.6 Å². The number of ketones is 1. The summed E-state index contributed by atoms with van der Waals surface area (Å²) >= 11 is 0. The molecule has 4 nitrogen and oxygen atoms in total. The summed E-state index contributed by atoms with van der Waals surface area (Å²) in [4.78, 5) is 25.7. The maximum absolute atomic E-state index is 13.1. The summed E-state index contributed by atoms with van der Waals surface area (Å²) in [5.74, 6) is -2.48. The maximum Gasteiger partial charge on any atom is 0.223 e. The van der Waals surface area contributed by atoms with Gasteiger partial charge in [0.15, 0.2) is 17.4 Å². The number of halogens is 2. The summed E-state index contributed by atoms with van der Waals surface area (Å²) in [6, 6.07) is 3.13. The van der Waals surface area contributed by atoms with E-state index in [0.717, 1.165) is 25.2 Å². The summed E-state index contributed by atoms with van der Waals surface area (Å²) < 4.78 is 25.9. The van der Waals surface area contributed by atoms with E-state index in [2.05, 4.69) is 5.32 Å². The van der Waals surface area contributed by atoms with Gasteiger partial charge >= 0.3 is 0 Å². The minimum absolute atomic E-state index is 0.000550. The summed E-state index contributed by atoms with van der Waals surface area (Å²) in [6.45, 7) is 4.05. The van der Waals surface area contributed by atoms with Crippen molar-refractivity contribution in [3.05, 3.63) is 35.4 Å². The van der Waals surface area contributed by atoms with Crippen LogP contribution in [0, 0.1) is 11.6 Å². The molecule has 1 aliphatic rings. The molecule has 1 amide bonds. The zero-order valence-electron chi connectivity index (χ0n) is 11.9. The number of hydrogen-bond acceptors (Lipinski definition) is 3. The van der Waals surface area contributed by atoms with E-state index in [9.17, 15) is 18.4 Å². The molecule has 1 heterocycles. The van der Waals surface area contributed by atoms with Gasteiger partial charge in [0.2, 0.25) is 5.91 Å². The lowest BCUT2D eigenvalue weighted by molar-refractivity contribution is -0.133. The van der Waals surface area contributed by atoms with Crippen molar-refractivity contribution < 1.29 is 18.4 Å². The highest BCUT2D eigenvalue weighted by atomic mass is 19.2. The number of nitrogens with zero attached hydrogens (tertiary/aromatic N) is 1. The quantitative estimate of drug-likeness (QED) is 0.861. The number of piperazine rings is 1. The van der Waals surface area contributed by atoms with Crippen LogP contribution in [0.15, 0.2) is 18.2 Å². The molecule has 114 valence electrons. The lowest BCUT2D eigenvalue weighted by atomic mass is 10.1. The zero-order chi connectivity index (χ0) is 15.4. The molecule has 1 fully saturated rings. The summed E-state index contributed by atoms with van der Waals surface area (Å²) in [6.07, 6.45) is 0.0860. The third-order valence-electron chi connectivity index (χ3n) is 3.63. The predicted molar refractivity (Wildman–Crippen MR) is 74.0 cm³/mol. The molecule has 0 saturated carbocycles. The first kappa shape index (κ1) is 15.6. The van der Waals surface area contributed by atoms with E-state index in [0.29, 0.717) is 6.54 Å². The Bertz CT molecular complexity index is 548. The van der Waals surface area contributed by atoms with Crippen LogP contribution in [0.3, 0.4) is 0 Å². The minimum atomic E-state index is -1.05. The number of carbonyl (C=O) groups excluding carboxylic acids is 2. The average molecular weight is 296 g/mol. The van der Waals surface area contributed by atoms with Crippen LogP contribution in [-0.2, 0) is 4.79 Å². The summed E-state index contributed by atoms with van der Waals surface area (Å²) in [5.41, 5.74) is 0.0926. The van der Waals surface area contributed by atoms with Crippen molar-refractivity contribution in [1.82, 2.24) is 10.2 Å². The van der Waals surface area contributed by atoms with E-state index in [-0.39, 0.29) is 36.1 Å². The summed E-state index contributed by atoms with van der Waals surface area (Å²) in [7, 11) is 0. The van der Waals surface area contributed by atoms with Gasteiger partial charge in [-0.25, -0.2) is 8.78 Å². The van der Waals surface area contributed by atoms with Gasteiger partial charge in [0.05, 0.1) is 0 Å². The highest BCUT2D eigenvalue weighted by molar-refractivity contribution is 5.98. The topological polar surface area (TPSA) is 49.4 Å². The van der Waals surface area contributed by atoms with Crippen molar-refractivity contribution in [2.24, 2.45) is 0 Å². The van der Waals surface area contributed by atoms with E-state index in [1.54, 1.807) is 4.90 Å². The van der Waals surface area contributed by atoms with Crippen molar-refractivity contribution in [2.45, 2.75) is 25.8 Å². The van der Waals surface area contributed by atoms with Crippen LogP contribution in [0.2, 0.25) is 0 Å². The monoisotopic (exact) mass is 296 g/mol. The Balaban J connectivity index is 1.91. The van der Waals surface area contributed by atoms with Crippen molar-refractivity contribution in [1.29, 1.82) is 0 Å². The first-order valence-corrected chi connectivity index (χ1v) is 6.97. The maximum atomic E-state index is 13.1. The van der Waals surface area contributed by atoms with E-state index >= 15 is 0 Å². The molecule has 2 rings (SSSR count). The lowest BCUT2D eigenvalue weighted by Crippen LogP contribution is -2.52. The fourth-order valence-electron chi connectivity index (χ4n) is 2.39. The lowest BCUT2D eigenvalue weighted by Gasteiger charge is -2.34. The molecular formula is C15H18F2N2O2. The molecule has 0 unspecified atom stereocenters. The fourth-order valence-corrected chi connectivity index (χ4v) is 2.39. The number of benzene rings is 1. The van der Waals surface area contributed by atoms with Crippen LogP contribution < -0.4 is 5.32 Å². The molecule has 1 aromatic carbocycles. The Morgan fingerprint density at radius 3 is 2.71 bits per heavy atom. The van der Waals surface area contributed by atoms with E-state index in [1.165, 1.54) is 6.07 Å². The Morgan fingerprint density at radius 1 is 1.29 bits per heavy atom. The third kappa shape index (κ3) is 3.85. The number of hydrogen-bond donors (Lipinski definition) is 1. The van der Waals surface area contributed by atoms with Crippen LogP contribution in [-0.4, -0.2) is 42.3 Å². The molecule has 0 bridgehead atoms. The SMILES string of the molecule is C[C@@H]1CNCCN1C(=O)CCC(=O)c1ccc(F)c(F)c1. The third-order valence-corrected chi connectivity index (χ3v) is 3.63. The number of nitrogens with one attached hydrogen (secondary N) is 1. The van der Waals surface area contributed by atoms with Gasteiger partial charge in [-0.05, 0) is 25.1 Å². The van der Waals surface area contributed by atoms with Crippen LogP contribution in [0.5, 0.6) is 0 Å². The second-order valence-electron chi connectivity index (χ2n) is 5.19. The standard InChI is InChI=1S/C15H18F2N2O2/c1-10-9-18-6-7-19(10)15(21)5-4-14(20)11-2-3-12(16)13(17)8-11/h2-3,8,10,18H,4-7,9H2,1H3/t10-/m1/s1. The molecule has 1 saturated heterocycles. The molecule has 0 radical (unpaired) electrons. The molecule has 1 aromatic rings. The number of rotatable bonds is 4. The molecule has 0 spiro atoms. The molecule has 1 N–H and O–H groups in total. The number of amides is 1. The number of carbonyl (C=O) groups is 2. The Labute approximate surface area is 122 Å². The van der Waals surface area contributed by atoms with E-state index < -0.39 is 11.6 Å². The van der Waals surface area contributed by atoms with Crippen LogP contribution in [0.1, 0.15) is 30.1 Å². The number of Topliss-reactive ketones (excluding diaryl/α,β-unsaturated/α-hetero) is 1. The highest BCUT2D eigenvalue weighted by Crippen LogP contribution is 2.13. The Kier molecular flexibility index (Phi) is 5.01. The van der Waals surface area contributed by atoms with Crippen LogP contribution in [0.4, 0.5) is 8.78 Å². The van der Waals surface area contributed by atoms with Gasteiger partial charge in [-0.1, -0.05) is 0 Å². The molecule has 0 aromatic heterocycles. The average Bonchev–Trinajstić information content (AvgIpc) is 2.47. The van der Waals surface area contributed by atoms with E-state index in [4.69, 9.17) is 0 Å². The molecule has 0 aliphatic carbocycles. The zero-order valence-corrected chi connectivity index (χ0v) is 11.9. The first-order chi connectivity index (χ1) is 9.99. The van der Waals surface area contributed by atoms with E-state index in [1.807, 2.05) is 6.92 Å².